The van der Waals surface area contributed by atoms with E-state index in [-0.39, 0.29) is 18.3 Å². The molecular formula is C13H19N3O3S. The molecule has 1 aromatic rings. The van der Waals surface area contributed by atoms with Crippen LogP contribution in [-0.4, -0.2) is 39.6 Å². The van der Waals surface area contributed by atoms with E-state index in [1.54, 1.807) is 0 Å². The fourth-order valence-corrected chi connectivity index (χ4v) is 3.23. The number of carboxylic acid groups (broad SMARTS) is 1. The quantitative estimate of drug-likeness (QED) is 0.873. The maximum atomic E-state index is 12.2. The molecule has 2 N–H and O–H groups in total. The van der Waals surface area contributed by atoms with Crippen LogP contribution in [0.2, 0.25) is 0 Å². The minimum Gasteiger partial charge on any atom is -0.476 e. The number of carbonyl (C=O) groups excluding carboxylic acids is 1. The van der Waals surface area contributed by atoms with Gasteiger partial charge in [-0.1, -0.05) is 12.8 Å². The van der Waals surface area contributed by atoms with Gasteiger partial charge in [0.05, 0.1) is 6.54 Å². The second-order valence-corrected chi connectivity index (χ2v) is 5.76. The minimum absolute atomic E-state index is 0.0300. The van der Waals surface area contributed by atoms with Crippen LogP contribution >= 0.6 is 11.3 Å². The van der Waals surface area contributed by atoms with Crippen LogP contribution in [-0.2, 0) is 6.54 Å². The Morgan fingerprint density at radius 1 is 1.50 bits per heavy atom. The van der Waals surface area contributed by atoms with Gasteiger partial charge in [-0.05, 0) is 19.8 Å². The van der Waals surface area contributed by atoms with E-state index in [2.05, 4.69) is 10.3 Å². The van der Waals surface area contributed by atoms with Gasteiger partial charge in [-0.25, -0.2) is 14.6 Å². The van der Waals surface area contributed by atoms with E-state index in [9.17, 15) is 9.59 Å². The summed E-state index contributed by atoms with van der Waals surface area (Å²) in [4.78, 5) is 28.7. The van der Waals surface area contributed by atoms with Crippen LogP contribution in [0.3, 0.4) is 0 Å². The third-order valence-corrected chi connectivity index (χ3v) is 4.38. The van der Waals surface area contributed by atoms with Crippen molar-refractivity contribution in [1.29, 1.82) is 0 Å². The van der Waals surface area contributed by atoms with Crippen LogP contribution in [0.15, 0.2) is 5.38 Å². The number of carbonyl (C=O) groups is 2. The molecule has 6 nitrogen and oxygen atoms in total. The molecule has 110 valence electrons. The number of carboxylic acids is 1. The third-order valence-electron chi connectivity index (χ3n) is 3.53. The Balaban J connectivity index is 1.88. The number of thiazole rings is 1. The molecule has 7 heteroatoms. The Morgan fingerprint density at radius 3 is 2.75 bits per heavy atom. The first kappa shape index (κ1) is 14.8. The summed E-state index contributed by atoms with van der Waals surface area (Å²) in [5.74, 6) is -1.04. The van der Waals surface area contributed by atoms with Crippen molar-refractivity contribution in [2.24, 2.45) is 0 Å². The molecule has 0 aliphatic heterocycles. The molecule has 2 amide bonds. The molecule has 1 saturated carbocycles. The molecule has 1 aromatic heterocycles. The normalized spacial score (nSPS) is 15.2. The minimum atomic E-state index is -1.04. The van der Waals surface area contributed by atoms with Crippen LogP contribution < -0.4 is 5.32 Å². The number of rotatable bonds is 5. The lowest BCUT2D eigenvalue weighted by Crippen LogP contribution is -2.44. The predicted molar refractivity (Wildman–Crippen MR) is 75.9 cm³/mol. The number of nitrogens with zero attached hydrogens (tertiary/aromatic N) is 2. The number of hydrogen-bond acceptors (Lipinski definition) is 4. The lowest BCUT2D eigenvalue weighted by Gasteiger charge is -2.27. The van der Waals surface area contributed by atoms with Crippen molar-refractivity contribution in [3.8, 4) is 0 Å². The molecule has 0 radical (unpaired) electrons. The van der Waals surface area contributed by atoms with E-state index in [1.165, 1.54) is 29.6 Å². The van der Waals surface area contributed by atoms with E-state index in [0.29, 0.717) is 17.6 Å². The molecule has 1 aliphatic carbocycles. The molecule has 0 saturated heterocycles. The van der Waals surface area contributed by atoms with Crippen LogP contribution in [0.25, 0.3) is 0 Å². The zero-order valence-corrected chi connectivity index (χ0v) is 12.3. The van der Waals surface area contributed by atoms with Gasteiger partial charge in [0.2, 0.25) is 0 Å². The highest BCUT2D eigenvalue weighted by atomic mass is 32.1. The van der Waals surface area contributed by atoms with Crippen LogP contribution in [0.5, 0.6) is 0 Å². The summed E-state index contributed by atoms with van der Waals surface area (Å²) in [5, 5.41) is 13.7. The smallest absolute Gasteiger partial charge is 0.355 e. The largest absolute Gasteiger partial charge is 0.476 e. The Kier molecular flexibility index (Phi) is 4.94. The number of nitrogens with one attached hydrogen (secondary N) is 1. The highest BCUT2D eigenvalue weighted by molar-refractivity contribution is 7.09. The Hall–Kier alpha value is -1.63. The van der Waals surface area contributed by atoms with Crippen molar-refractivity contribution < 1.29 is 14.7 Å². The van der Waals surface area contributed by atoms with Gasteiger partial charge >= 0.3 is 12.0 Å². The average molecular weight is 297 g/mol. The highest BCUT2D eigenvalue weighted by Gasteiger charge is 2.25. The fourth-order valence-electron chi connectivity index (χ4n) is 2.53. The average Bonchev–Trinajstić information content (AvgIpc) is 3.08. The first-order chi connectivity index (χ1) is 9.61. The molecule has 20 heavy (non-hydrogen) atoms. The summed E-state index contributed by atoms with van der Waals surface area (Å²) < 4.78 is 0. The van der Waals surface area contributed by atoms with Crippen molar-refractivity contribution in [3.05, 3.63) is 16.1 Å². The third kappa shape index (κ3) is 3.47. The monoisotopic (exact) mass is 297 g/mol. The molecule has 2 rings (SSSR count). The number of amides is 2. The lowest BCUT2D eigenvalue weighted by molar-refractivity contribution is 0.0691. The van der Waals surface area contributed by atoms with Crippen LogP contribution in [0, 0.1) is 0 Å². The summed E-state index contributed by atoms with van der Waals surface area (Å²) >= 11 is 1.25. The Labute approximate surface area is 121 Å². The zero-order chi connectivity index (χ0) is 14.5. The number of hydrogen-bond donors (Lipinski definition) is 2. The Bertz CT molecular complexity index is 483. The highest BCUT2D eigenvalue weighted by Crippen LogP contribution is 2.23. The van der Waals surface area contributed by atoms with Gasteiger partial charge in [-0.15, -0.1) is 11.3 Å². The van der Waals surface area contributed by atoms with Crippen molar-refractivity contribution >= 4 is 23.3 Å². The van der Waals surface area contributed by atoms with Gasteiger partial charge < -0.3 is 15.3 Å². The molecule has 1 aliphatic rings. The second-order valence-electron chi connectivity index (χ2n) is 4.81. The summed E-state index contributed by atoms with van der Waals surface area (Å²) in [6, 6.07) is 0.248. The molecular weight excluding hydrogens is 278 g/mol. The molecule has 0 atom stereocenters. The summed E-state index contributed by atoms with van der Waals surface area (Å²) in [7, 11) is 0. The van der Waals surface area contributed by atoms with Gasteiger partial charge in [0, 0.05) is 18.0 Å². The first-order valence-electron chi connectivity index (χ1n) is 6.84. The molecule has 1 heterocycles. The number of urea groups is 1. The first-order valence-corrected chi connectivity index (χ1v) is 7.72. The molecule has 0 aromatic carbocycles. The molecule has 0 bridgehead atoms. The van der Waals surface area contributed by atoms with Gasteiger partial charge in [0.25, 0.3) is 0 Å². The second kappa shape index (κ2) is 6.69. The number of aromatic nitrogens is 1. The SMILES string of the molecule is CCN(C(=O)NCc1nc(C(=O)O)cs1)C1CCCC1. The van der Waals surface area contributed by atoms with E-state index in [4.69, 9.17) is 5.11 Å². The van der Waals surface area contributed by atoms with Crippen molar-refractivity contribution in [3.63, 3.8) is 0 Å². The standard InChI is InChI=1S/C13H19N3O3S/c1-2-16(9-5-3-4-6-9)13(19)14-7-11-15-10(8-20-11)12(17)18/h8-9H,2-7H2,1H3,(H,14,19)(H,17,18). The van der Waals surface area contributed by atoms with Crippen LogP contribution in [0.1, 0.15) is 48.1 Å². The maximum absolute atomic E-state index is 12.2. The van der Waals surface area contributed by atoms with E-state index in [0.717, 1.165) is 12.8 Å². The van der Waals surface area contributed by atoms with Gasteiger partial charge in [0.15, 0.2) is 5.69 Å². The summed E-state index contributed by atoms with van der Waals surface area (Å²) in [6.07, 6.45) is 4.51. The van der Waals surface area contributed by atoms with Gasteiger partial charge in [-0.3, -0.25) is 0 Å². The Morgan fingerprint density at radius 2 is 2.20 bits per heavy atom. The molecule has 0 unspecified atom stereocenters. The molecule has 0 spiro atoms. The maximum Gasteiger partial charge on any atom is 0.355 e. The van der Waals surface area contributed by atoms with E-state index >= 15 is 0 Å². The van der Waals surface area contributed by atoms with Crippen LogP contribution in [0.4, 0.5) is 4.79 Å². The van der Waals surface area contributed by atoms with E-state index < -0.39 is 5.97 Å². The van der Waals surface area contributed by atoms with E-state index in [1.807, 2.05) is 11.8 Å². The molecule has 1 fully saturated rings. The topological polar surface area (TPSA) is 82.5 Å². The van der Waals surface area contributed by atoms with Crippen molar-refractivity contribution in [2.75, 3.05) is 6.54 Å². The zero-order valence-electron chi connectivity index (χ0n) is 11.5. The van der Waals surface area contributed by atoms with Crippen molar-refractivity contribution in [1.82, 2.24) is 15.2 Å². The fraction of sp³-hybridized carbons (Fsp3) is 0.615. The lowest BCUT2D eigenvalue weighted by atomic mass is 10.2. The summed E-state index contributed by atoms with van der Waals surface area (Å²) in [6.45, 7) is 2.94. The number of aromatic carboxylic acids is 1. The van der Waals surface area contributed by atoms with Gasteiger partial charge in [-0.2, -0.15) is 0 Å². The van der Waals surface area contributed by atoms with Crippen molar-refractivity contribution in [2.45, 2.75) is 45.2 Å². The predicted octanol–water partition coefficient (Wildman–Crippen LogP) is 2.32. The van der Waals surface area contributed by atoms with Gasteiger partial charge in [0.1, 0.15) is 5.01 Å². The summed E-state index contributed by atoms with van der Waals surface area (Å²) in [5.41, 5.74) is 0.0300.